The molecule has 0 amide bonds. The molecule has 2 heteroatoms. The van der Waals surface area contributed by atoms with Crippen molar-refractivity contribution in [3.8, 4) is 0 Å². The first-order valence-electron chi connectivity index (χ1n) is 7.21. The van der Waals surface area contributed by atoms with Gasteiger partial charge in [-0.15, -0.1) is 0 Å². The van der Waals surface area contributed by atoms with Crippen molar-refractivity contribution in [1.82, 2.24) is 5.32 Å². The zero-order valence-corrected chi connectivity index (χ0v) is 10.7. The second-order valence-electron chi connectivity index (χ2n) is 5.56. The SMILES string of the molecule is C[C@@H](NCC[C@H]1CCCO1)C1CCCCC1. The average molecular weight is 225 g/mol. The van der Waals surface area contributed by atoms with Crippen LogP contribution in [-0.2, 0) is 4.74 Å². The highest BCUT2D eigenvalue weighted by molar-refractivity contribution is 4.76. The van der Waals surface area contributed by atoms with E-state index in [1.54, 1.807) is 0 Å². The Balaban J connectivity index is 1.57. The van der Waals surface area contributed by atoms with Crippen LogP contribution in [0, 0.1) is 5.92 Å². The standard InChI is InChI=1S/C14H27NO/c1-12(13-6-3-2-4-7-13)15-10-9-14-8-5-11-16-14/h12-15H,2-11H2,1H3/t12-,14-/m1/s1. The van der Waals surface area contributed by atoms with E-state index in [2.05, 4.69) is 12.2 Å². The lowest BCUT2D eigenvalue weighted by molar-refractivity contribution is 0.102. The molecule has 16 heavy (non-hydrogen) atoms. The fraction of sp³-hybridized carbons (Fsp3) is 1.00. The maximum Gasteiger partial charge on any atom is 0.0588 e. The van der Waals surface area contributed by atoms with Crippen molar-refractivity contribution in [2.24, 2.45) is 5.92 Å². The second-order valence-corrected chi connectivity index (χ2v) is 5.56. The predicted molar refractivity (Wildman–Crippen MR) is 67.6 cm³/mol. The van der Waals surface area contributed by atoms with E-state index in [0.717, 1.165) is 19.1 Å². The van der Waals surface area contributed by atoms with Crippen LogP contribution in [0.5, 0.6) is 0 Å². The van der Waals surface area contributed by atoms with Gasteiger partial charge in [-0.05, 0) is 51.5 Å². The van der Waals surface area contributed by atoms with Crippen LogP contribution in [0.3, 0.4) is 0 Å². The summed E-state index contributed by atoms with van der Waals surface area (Å²) >= 11 is 0. The smallest absolute Gasteiger partial charge is 0.0588 e. The third-order valence-corrected chi connectivity index (χ3v) is 4.31. The van der Waals surface area contributed by atoms with Crippen LogP contribution in [0.4, 0.5) is 0 Å². The van der Waals surface area contributed by atoms with Crippen LogP contribution in [-0.4, -0.2) is 25.3 Å². The number of ether oxygens (including phenoxy) is 1. The fourth-order valence-electron chi connectivity index (χ4n) is 3.14. The molecule has 1 saturated heterocycles. The lowest BCUT2D eigenvalue weighted by Gasteiger charge is -2.28. The van der Waals surface area contributed by atoms with E-state index in [1.807, 2.05) is 0 Å². The summed E-state index contributed by atoms with van der Waals surface area (Å²) in [6.07, 6.45) is 11.5. The normalized spacial score (nSPS) is 29.4. The van der Waals surface area contributed by atoms with Crippen molar-refractivity contribution in [2.45, 2.75) is 70.4 Å². The predicted octanol–water partition coefficient (Wildman–Crippen LogP) is 3.11. The van der Waals surface area contributed by atoms with Gasteiger partial charge in [-0.3, -0.25) is 0 Å². The maximum absolute atomic E-state index is 5.64. The highest BCUT2D eigenvalue weighted by Crippen LogP contribution is 2.26. The molecular weight excluding hydrogens is 198 g/mol. The lowest BCUT2D eigenvalue weighted by Crippen LogP contribution is -2.36. The minimum atomic E-state index is 0.547. The molecule has 2 rings (SSSR count). The van der Waals surface area contributed by atoms with Gasteiger partial charge in [0.05, 0.1) is 6.10 Å². The Morgan fingerprint density at radius 3 is 2.62 bits per heavy atom. The zero-order valence-electron chi connectivity index (χ0n) is 10.7. The Bertz CT molecular complexity index is 183. The van der Waals surface area contributed by atoms with Gasteiger partial charge < -0.3 is 10.1 Å². The Morgan fingerprint density at radius 1 is 1.12 bits per heavy atom. The molecule has 0 spiro atoms. The minimum absolute atomic E-state index is 0.547. The van der Waals surface area contributed by atoms with Gasteiger partial charge >= 0.3 is 0 Å². The number of hydrogen-bond acceptors (Lipinski definition) is 2. The first kappa shape index (κ1) is 12.4. The molecule has 0 radical (unpaired) electrons. The Morgan fingerprint density at radius 2 is 1.94 bits per heavy atom. The van der Waals surface area contributed by atoms with Gasteiger partial charge in [-0.1, -0.05) is 19.3 Å². The molecular formula is C14H27NO. The van der Waals surface area contributed by atoms with Crippen molar-refractivity contribution in [3.63, 3.8) is 0 Å². The summed E-state index contributed by atoms with van der Waals surface area (Å²) in [5.41, 5.74) is 0. The summed E-state index contributed by atoms with van der Waals surface area (Å²) in [5, 5.41) is 3.70. The molecule has 1 aliphatic carbocycles. The molecule has 0 aromatic rings. The Labute approximate surface area is 100 Å². The molecule has 1 N–H and O–H groups in total. The van der Waals surface area contributed by atoms with Gasteiger partial charge in [0, 0.05) is 12.6 Å². The van der Waals surface area contributed by atoms with E-state index in [9.17, 15) is 0 Å². The summed E-state index contributed by atoms with van der Waals surface area (Å²) in [6.45, 7) is 4.50. The third kappa shape index (κ3) is 3.74. The monoisotopic (exact) mass is 225 g/mol. The van der Waals surface area contributed by atoms with Crippen molar-refractivity contribution in [1.29, 1.82) is 0 Å². The van der Waals surface area contributed by atoms with Crippen molar-refractivity contribution < 1.29 is 4.74 Å². The summed E-state index contributed by atoms with van der Waals surface area (Å²) in [7, 11) is 0. The third-order valence-electron chi connectivity index (χ3n) is 4.31. The summed E-state index contributed by atoms with van der Waals surface area (Å²) in [6, 6.07) is 0.710. The van der Waals surface area contributed by atoms with Gasteiger partial charge in [0.2, 0.25) is 0 Å². The van der Waals surface area contributed by atoms with Crippen LogP contribution >= 0.6 is 0 Å². The molecule has 0 unspecified atom stereocenters. The van der Waals surface area contributed by atoms with Crippen molar-refractivity contribution in [3.05, 3.63) is 0 Å². The average Bonchev–Trinajstić information content (AvgIpc) is 2.83. The van der Waals surface area contributed by atoms with Gasteiger partial charge in [-0.2, -0.15) is 0 Å². The van der Waals surface area contributed by atoms with Crippen molar-refractivity contribution in [2.75, 3.05) is 13.2 Å². The summed E-state index contributed by atoms with van der Waals surface area (Å²) in [4.78, 5) is 0. The summed E-state index contributed by atoms with van der Waals surface area (Å²) < 4.78 is 5.64. The Kier molecular flexibility index (Phi) is 5.11. The molecule has 2 atom stereocenters. The number of rotatable bonds is 5. The van der Waals surface area contributed by atoms with E-state index in [4.69, 9.17) is 4.74 Å². The van der Waals surface area contributed by atoms with Crippen LogP contribution in [0.1, 0.15) is 58.3 Å². The first-order valence-corrected chi connectivity index (χ1v) is 7.21. The van der Waals surface area contributed by atoms with Crippen molar-refractivity contribution >= 4 is 0 Å². The van der Waals surface area contributed by atoms with Crippen LogP contribution < -0.4 is 5.32 Å². The highest BCUT2D eigenvalue weighted by atomic mass is 16.5. The maximum atomic E-state index is 5.64. The molecule has 1 heterocycles. The van der Waals surface area contributed by atoms with Gasteiger partial charge in [-0.25, -0.2) is 0 Å². The molecule has 2 aliphatic rings. The van der Waals surface area contributed by atoms with Gasteiger partial charge in [0.25, 0.3) is 0 Å². The molecule has 94 valence electrons. The number of nitrogens with one attached hydrogen (secondary N) is 1. The van der Waals surface area contributed by atoms with E-state index < -0.39 is 0 Å². The van der Waals surface area contributed by atoms with E-state index >= 15 is 0 Å². The zero-order chi connectivity index (χ0) is 11.2. The second kappa shape index (κ2) is 6.61. The minimum Gasteiger partial charge on any atom is -0.378 e. The Hall–Kier alpha value is -0.0800. The molecule has 1 aliphatic heterocycles. The fourth-order valence-corrected chi connectivity index (χ4v) is 3.14. The molecule has 0 bridgehead atoms. The lowest BCUT2D eigenvalue weighted by atomic mass is 9.84. The van der Waals surface area contributed by atoms with Crippen LogP contribution in [0.15, 0.2) is 0 Å². The van der Waals surface area contributed by atoms with E-state index in [-0.39, 0.29) is 0 Å². The molecule has 1 saturated carbocycles. The van der Waals surface area contributed by atoms with Crippen LogP contribution in [0.2, 0.25) is 0 Å². The first-order chi connectivity index (χ1) is 7.86. The molecule has 2 fully saturated rings. The highest BCUT2D eigenvalue weighted by Gasteiger charge is 2.20. The van der Waals surface area contributed by atoms with Crippen LogP contribution in [0.25, 0.3) is 0 Å². The molecule has 2 nitrogen and oxygen atoms in total. The largest absolute Gasteiger partial charge is 0.378 e. The molecule has 0 aromatic heterocycles. The number of hydrogen-bond donors (Lipinski definition) is 1. The quantitative estimate of drug-likeness (QED) is 0.776. The van der Waals surface area contributed by atoms with Gasteiger partial charge in [0.15, 0.2) is 0 Å². The van der Waals surface area contributed by atoms with Gasteiger partial charge in [0.1, 0.15) is 0 Å². The topological polar surface area (TPSA) is 21.3 Å². The van der Waals surface area contributed by atoms with E-state index in [1.165, 1.54) is 51.4 Å². The summed E-state index contributed by atoms with van der Waals surface area (Å²) in [5.74, 6) is 0.929. The molecule has 0 aromatic carbocycles. The van der Waals surface area contributed by atoms with E-state index in [0.29, 0.717) is 12.1 Å².